The second-order valence-corrected chi connectivity index (χ2v) is 20.8. The van der Waals surface area contributed by atoms with Gasteiger partial charge in [0.2, 0.25) is 0 Å². The Morgan fingerprint density at radius 3 is 1.44 bits per heavy atom. The van der Waals surface area contributed by atoms with E-state index in [-0.39, 0.29) is 32.0 Å². The lowest BCUT2D eigenvalue weighted by molar-refractivity contribution is 0.355. The zero-order chi connectivity index (χ0) is 50.3. The monoisotopic (exact) mass is 1080 g/mol. The molecule has 0 fully saturated rings. The third-order valence-electron chi connectivity index (χ3n) is 10.1. The van der Waals surface area contributed by atoms with E-state index < -0.39 is 31.7 Å². The number of nitrogens with one attached hydrogen (secondary N) is 2. The summed E-state index contributed by atoms with van der Waals surface area (Å²) in [7, 11) is -1.93. The summed E-state index contributed by atoms with van der Waals surface area (Å²) in [5, 5.41) is 1.26. The van der Waals surface area contributed by atoms with Crippen molar-refractivity contribution in [1.29, 1.82) is 0 Å². The van der Waals surface area contributed by atoms with Crippen LogP contribution in [-0.4, -0.2) is 55.2 Å². The molecule has 21 heteroatoms. The van der Waals surface area contributed by atoms with Crippen LogP contribution in [0, 0.1) is 11.6 Å². The van der Waals surface area contributed by atoms with E-state index in [2.05, 4.69) is 35.3 Å². The summed E-state index contributed by atoms with van der Waals surface area (Å²) in [6.45, 7) is 0. The number of rotatable bonds is 16. The maximum Gasteiger partial charge on any atom is 0.271 e. The topological polar surface area (TPSA) is 183 Å². The molecule has 0 aliphatic carbocycles. The summed E-state index contributed by atoms with van der Waals surface area (Å²) in [5.74, 6) is 2.47. The molecule has 3 aromatic heterocycles. The molecule has 3 heterocycles. The van der Waals surface area contributed by atoms with Crippen molar-refractivity contribution in [3.63, 3.8) is 0 Å². The van der Waals surface area contributed by atoms with Crippen molar-refractivity contribution in [3.05, 3.63) is 167 Å². The van der Waals surface area contributed by atoms with Crippen molar-refractivity contribution >= 4 is 80.5 Å². The molecule has 0 aliphatic rings. The Balaban J connectivity index is 0.000000194. The minimum Gasteiger partial charge on any atom is -0.493 e. The second kappa shape index (κ2) is 21.5. The number of thiophene rings is 1. The van der Waals surface area contributed by atoms with Crippen LogP contribution in [0.15, 0.2) is 165 Å². The molecule has 6 aromatic carbocycles. The Hall–Kier alpha value is -7.72. The van der Waals surface area contributed by atoms with Crippen LogP contribution in [0.5, 0.6) is 57.5 Å². The van der Waals surface area contributed by atoms with Crippen molar-refractivity contribution in [1.82, 2.24) is 9.97 Å². The summed E-state index contributed by atoms with van der Waals surface area (Å²) < 4.78 is 125. The van der Waals surface area contributed by atoms with Crippen molar-refractivity contribution in [2.45, 2.75) is 9.10 Å². The molecule has 9 aromatic rings. The number of para-hydroxylation sites is 1. The van der Waals surface area contributed by atoms with Crippen LogP contribution >= 0.6 is 27.3 Å². The number of methoxy groups -OCH3 is 4. The zero-order valence-corrected chi connectivity index (χ0v) is 41.7. The number of aromatic nitrogens is 2. The van der Waals surface area contributed by atoms with Gasteiger partial charge in [-0.05, 0) is 101 Å². The number of benzene rings is 6. The zero-order valence-electron chi connectivity index (χ0n) is 37.7. The number of anilines is 2. The lowest BCUT2D eigenvalue weighted by Gasteiger charge is -2.14. The van der Waals surface area contributed by atoms with Crippen molar-refractivity contribution in [2.75, 3.05) is 37.9 Å². The maximum absolute atomic E-state index is 15.0. The third-order valence-corrected chi connectivity index (χ3v) is 15.0. The van der Waals surface area contributed by atoms with Crippen molar-refractivity contribution in [2.24, 2.45) is 0 Å². The fourth-order valence-corrected chi connectivity index (χ4v) is 11.0. The quantitative estimate of drug-likeness (QED) is 0.0933. The van der Waals surface area contributed by atoms with Gasteiger partial charge >= 0.3 is 0 Å². The van der Waals surface area contributed by atoms with Gasteiger partial charge < -0.3 is 33.2 Å². The lowest BCUT2D eigenvalue weighted by atomic mass is 10.2. The Bertz CT molecular complexity index is 3630. The molecule has 9 rings (SSSR count). The summed E-state index contributed by atoms with van der Waals surface area (Å²) in [6.07, 6.45) is 3.11. The van der Waals surface area contributed by atoms with Crippen LogP contribution in [0.2, 0.25) is 0 Å². The number of ether oxygens (including phenoxy) is 7. The van der Waals surface area contributed by atoms with Crippen LogP contribution in [0.3, 0.4) is 0 Å². The first-order valence-corrected chi connectivity index (χ1v) is 25.3. The van der Waals surface area contributed by atoms with Gasteiger partial charge in [-0.1, -0.05) is 24.3 Å². The molecular formula is C50H39BrF2N4O11S3. The van der Waals surface area contributed by atoms with E-state index in [4.69, 9.17) is 33.2 Å². The van der Waals surface area contributed by atoms with E-state index in [1.807, 2.05) is 6.07 Å². The summed E-state index contributed by atoms with van der Waals surface area (Å²) >= 11 is 4.24. The highest BCUT2D eigenvalue weighted by atomic mass is 79.9. The largest absolute Gasteiger partial charge is 0.493 e. The third kappa shape index (κ3) is 11.7. The average molecular weight is 1090 g/mol. The van der Waals surface area contributed by atoms with E-state index in [9.17, 15) is 21.2 Å². The first kappa shape index (κ1) is 49.7. The highest BCUT2D eigenvalue weighted by molar-refractivity contribution is 9.11. The Morgan fingerprint density at radius 2 is 0.958 bits per heavy atom. The molecule has 15 nitrogen and oxygen atoms in total. The van der Waals surface area contributed by atoms with E-state index in [0.717, 1.165) is 23.5 Å². The van der Waals surface area contributed by atoms with Gasteiger partial charge in [0.25, 0.3) is 20.0 Å². The van der Waals surface area contributed by atoms with E-state index in [0.29, 0.717) is 71.6 Å². The van der Waals surface area contributed by atoms with E-state index >= 15 is 4.39 Å². The number of pyridine rings is 2. The average Bonchev–Trinajstić information content (AvgIpc) is 3.82. The van der Waals surface area contributed by atoms with Crippen LogP contribution in [0.1, 0.15) is 0 Å². The van der Waals surface area contributed by atoms with Crippen molar-refractivity contribution < 1.29 is 58.8 Å². The standard InChI is InChI=1S/C29H23FN2O6S.C21H16BrFN2O5S2/c1-35-28-17-23-26(18-29(28)36-2)31-14-13-27(23)38-21-11-12-25(24(30)16-21)32-39(33,34)22-10-6-9-20(15-22)37-19-7-4-3-5-8-19;1-28-18-10-13-16(11-19(18)29-2)24-8-7-17(13)30-12-3-4-15(14(23)9-12)25-32(26,27)21-6-5-20(22)31-21/h3-18,32H,1-2H3;3-11,25H,1-2H3. The Morgan fingerprint density at radius 1 is 0.479 bits per heavy atom. The number of halogens is 3. The van der Waals surface area contributed by atoms with Gasteiger partial charge in [0.1, 0.15) is 38.7 Å². The lowest BCUT2D eigenvalue weighted by Crippen LogP contribution is -2.14. The molecule has 0 amide bonds. The number of hydrogen-bond donors (Lipinski definition) is 2. The summed E-state index contributed by atoms with van der Waals surface area (Å²) in [4.78, 5) is 8.54. The van der Waals surface area contributed by atoms with Gasteiger partial charge in [0.15, 0.2) is 34.6 Å². The fourth-order valence-electron chi connectivity index (χ4n) is 6.78. The highest BCUT2D eigenvalue weighted by Gasteiger charge is 2.21. The number of sulfonamides is 2. The molecule has 0 saturated heterocycles. The predicted octanol–water partition coefficient (Wildman–Crippen LogP) is 12.6. The van der Waals surface area contributed by atoms with Gasteiger partial charge in [-0.25, -0.2) is 25.6 Å². The summed E-state index contributed by atoms with van der Waals surface area (Å²) in [6, 6.07) is 35.8. The van der Waals surface area contributed by atoms with Crippen LogP contribution in [0.4, 0.5) is 20.2 Å². The molecule has 0 unspecified atom stereocenters. The van der Waals surface area contributed by atoms with Gasteiger partial charge in [0.05, 0.1) is 59.5 Å². The Kier molecular flexibility index (Phi) is 15.1. The fraction of sp³-hybridized carbons (Fsp3) is 0.0800. The molecule has 0 spiro atoms. The first-order chi connectivity index (χ1) is 34.2. The molecule has 364 valence electrons. The second-order valence-electron chi connectivity index (χ2n) is 14.7. The van der Waals surface area contributed by atoms with Crippen LogP contribution in [0.25, 0.3) is 21.8 Å². The van der Waals surface area contributed by atoms with Gasteiger partial charge in [-0.15, -0.1) is 11.3 Å². The molecule has 0 bridgehead atoms. The number of nitrogens with zero attached hydrogens (tertiary/aromatic N) is 2. The number of fused-ring (bicyclic) bond motifs is 2. The van der Waals surface area contributed by atoms with Crippen LogP contribution < -0.4 is 42.6 Å². The van der Waals surface area contributed by atoms with Gasteiger partial charge in [-0.3, -0.25) is 19.4 Å². The normalized spacial score (nSPS) is 11.3. The van der Waals surface area contributed by atoms with Gasteiger partial charge in [0, 0.05) is 53.5 Å². The summed E-state index contributed by atoms with van der Waals surface area (Å²) in [5.41, 5.74) is 0.774. The maximum atomic E-state index is 15.0. The smallest absolute Gasteiger partial charge is 0.271 e. The molecule has 2 N–H and O–H groups in total. The molecule has 0 saturated carbocycles. The minimum absolute atomic E-state index is 0.0664. The Labute approximate surface area is 418 Å². The van der Waals surface area contributed by atoms with E-state index in [1.165, 1.54) is 70.9 Å². The molecule has 0 aliphatic heterocycles. The number of hydrogen-bond acceptors (Lipinski definition) is 14. The molecule has 0 atom stereocenters. The molecule has 0 radical (unpaired) electrons. The first-order valence-electron chi connectivity index (χ1n) is 20.8. The minimum atomic E-state index is -4.11. The van der Waals surface area contributed by atoms with E-state index in [1.54, 1.807) is 91.3 Å². The van der Waals surface area contributed by atoms with Crippen LogP contribution in [-0.2, 0) is 20.0 Å². The van der Waals surface area contributed by atoms with Gasteiger partial charge in [-0.2, -0.15) is 0 Å². The predicted molar refractivity (Wildman–Crippen MR) is 269 cm³/mol. The highest BCUT2D eigenvalue weighted by Crippen LogP contribution is 2.40. The SMILES string of the molecule is COc1cc2nccc(Oc3ccc(NS(=O)(=O)c4ccc(Br)s4)c(F)c3)c2cc1OC.COc1cc2nccc(Oc3ccc(NS(=O)(=O)c4cccc(Oc5ccccc5)c4)c(F)c3)c2cc1OC. The van der Waals surface area contributed by atoms with Crippen molar-refractivity contribution in [3.8, 4) is 57.5 Å². The molecule has 71 heavy (non-hydrogen) atoms. The molecular weight excluding hydrogens is 1050 g/mol.